The van der Waals surface area contributed by atoms with Gasteiger partial charge in [-0.25, -0.2) is 0 Å². The second kappa shape index (κ2) is 5.57. The van der Waals surface area contributed by atoms with Gasteiger partial charge in [0.25, 0.3) is 5.91 Å². The third-order valence-corrected chi connectivity index (χ3v) is 7.23. The minimum Gasteiger partial charge on any atom is -0.339 e. The number of hydrogen-bond acceptors (Lipinski definition) is 2. The molecule has 5 fully saturated rings. The van der Waals surface area contributed by atoms with Gasteiger partial charge in [-0.1, -0.05) is 0 Å². The lowest BCUT2D eigenvalue weighted by atomic mass is 9.48. The summed E-state index contributed by atoms with van der Waals surface area (Å²) in [5.41, 5.74) is 2.38. The van der Waals surface area contributed by atoms with E-state index in [1.54, 1.807) is 0 Å². The van der Waals surface area contributed by atoms with Gasteiger partial charge in [-0.3, -0.25) is 9.78 Å². The van der Waals surface area contributed by atoms with E-state index in [9.17, 15) is 4.79 Å². The predicted molar refractivity (Wildman–Crippen MR) is 93.8 cm³/mol. The third-order valence-electron chi connectivity index (χ3n) is 7.23. The second-order valence-electron chi connectivity index (χ2n) is 8.98. The van der Waals surface area contributed by atoms with Crippen LogP contribution in [0.3, 0.4) is 0 Å². The molecule has 4 bridgehead atoms. The highest BCUT2D eigenvalue weighted by molar-refractivity contribution is 5.94. The van der Waals surface area contributed by atoms with Crippen LogP contribution in [-0.2, 0) is 5.41 Å². The Morgan fingerprint density at radius 3 is 2.25 bits per heavy atom. The molecule has 1 aliphatic heterocycles. The molecule has 4 aliphatic carbocycles. The van der Waals surface area contributed by atoms with Gasteiger partial charge in [0.15, 0.2) is 0 Å². The van der Waals surface area contributed by atoms with Crippen LogP contribution in [0.5, 0.6) is 0 Å². The maximum absolute atomic E-state index is 12.9. The zero-order valence-corrected chi connectivity index (χ0v) is 14.5. The van der Waals surface area contributed by atoms with Crippen molar-refractivity contribution in [3.8, 4) is 0 Å². The Hall–Kier alpha value is -1.38. The molecule has 0 unspecified atom stereocenters. The normalized spacial score (nSPS) is 37.7. The SMILES string of the molecule is O=C(c1ccnc(C23CC4CC(CC(C4)C2)C3)c1)N1CCCCC1. The first-order valence-electron chi connectivity index (χ1n) is 9.98. The van der Waals surface area contributed by atoms with Crippen LogP contribution in [0.25, 0.3) is 0 Å². The standard InChI is InChI=1S/C21H28N2O/c24-20(23-6-2-1-3-7-23)18-4-5-22-19(11-18)21-12-15-8-16(13-21)10-17(9-15)14-21/h4-5,11,15-17H,1-3,6-10,12-14H2. The van der Waals surface area contributed by atoms with E-state index >= 15 is 0 Å². The van der Waals surface area contributed by atoms with Gasteiger partial charge in [-0.15, -0.1) is 0 Å². The van der Waals surface area contributed by atoms with Gasteiger partial charge in [-0.2, -0.15) is 0 Å². The summed E-state index contributed by atoms with van der Waals surface area (Å²) >= 11 is 0. The van der Waals surface area contributed by atoms with Crippen LogP contribution in [0.1, 0.15) is 73.8 Å². The molecule has 0 aromatic carbocycles. The zero-order chi connectivity index (χ0) is 16.1. The molecule has 4 saturated carbocycles. The molecule has 2 heterocycles. The highest BCUT2D eigenvalue weighted by Crippen LogP contribution is 2.60. The van der Waals surface area contributed by atoms with Crippen LogP contribution in [0.15, 0.2) is 18.3 Å². The lowest BCUT2D eigenvalue weighted by Crippen LogP contribution is -2.49. The number of hydrogen-bond donors (Lipinski definition) is 0. The van der Waals surface area contributed by atoms with Crippen molar-refractivity contribution in [2.24, 2.45) is 17.8 Å². The highest BCUT2D eigenvalue weighted by atomic mass is 16.2. The summed E-state index contributed by atoms with van der Waals surface area (Å²) in [5.74, 6) is 2.97. The van der Waals surface area contributed by atoms with Gasteiger partial charge in [0.1, 0.15) is 0 Å². The van der Waals surface area contributed by atoms with E-state index < -0.39 is 0 Å². The number of rotatable bonds is 2. The Morgan fingerprint density at radius 2 is 1.62 bits per heavy atom. The molecule has 0 atom stereocenters. The molecular formula is C21H28N2O. The fraction of sp³-hybridized carbons (Fsp3) is 0.714. The summed E-state index contributed by atoms with van der Waals surface area (Å²) in [6.07, 6.45) is 13.7. The zero-order valence-electron chi connectivity index (χ0n) is 14.5. The molecular weight excluding hydrogens is 296 g/mol. The second-order valence-corrected chi connectivity index (χ2v) is 8.98. The van der Waals surface area contributed by atoms with Crippen molar-refractivity contribution in [2.45, 2.75) is 63.2 Å². The monoisotopic (exact) mass is 324 g/mol. The average Bonchev–Trinajstić information content (AvgIpc) is 2.61. The van der Waals surface area contributed by atoms with Crippen LogP contribution >= 0.6 is 0 Å². The summed E-state index contributed by atoms with van der Waals surface area (Å²) in [5, 5.41) is 0. The van der Waals surface area contributed by atoms with Gasteiger partial charge in [0.2, 0.25) is 0 Å². The van der Waals surface area contributed by atoms with Gasteiger partial charge < -0.3 is 4.90 Å². The van der Waals surface area contributed by atoms with Crippen molar-refractivity contribution < 1.29 is 4.79 Å². The third kappa shape index (κ3) is 2.39. The number of nitrogens with zero attached hydrogens (tertiary/aromatic N) is 2. The lowest BCUT2D eigenvalue weighted by molar-refractivity contribution is -0.00723. The number of aromatic nitrogens is 1. The summed E-state index contributed by atoms with van der Waals surface area (Å²) in [6, 6.07) is 4.09. The topological polar surface area (TPSA) is 33.2 Å². The summed E-state index contributed by atoms with van der Waals surface area (Å²) in [4.78, 5) is 19.7. The van der Waals surface area contributed by atoms with Crippen LogP contribution in [0, 0.1) is 17.8 Å². The molecule has 1 saturated heterocycles. The molecule has 1 aromatic heterocycles. The quantitative estimate of drug-likeness (QED) is 0.818. The smallest absolute Gasteiger partial charge is 0.253 e. The number of likely N-dealkylation sites (tertiary alicyclic amines) is 1. The van der Waals surface area contributed by atoms with Gasteiger partial charge in [-0.05, 0) is 87.7 Å². The molecule has 5 aliphatic rings. The van der Waals surface area contributed by atoms with E-state index in [1.165, 1.54) is 50.6 Å². The van der Waals surface area contributed by atoms with Crippen molar-refractivity contribution in [1.82, 2.24) is 9.88 Å². The molecule has 24 heavy (non-hydrogen) atoms. The highest BCUT2D eigenvalue weighted by Gasteiger charge is 2.52. The van der Waals surface area contributed by atoms with Crippen molar-refractivity contribution in [3.63, 3.8) is 0 Å². The van der Waals surface area contributed by atoms with E-state index in [-0.39, 0.29) is 11.3 Å². The minimum absolute atomic E-state index is 0.225. The van der Waals surface area contributed by atoms with Crippen molar-refractivity contribution >= 4 is 5.91 Å². The van der Waals surface area contributed by atoms with Crippen molar-refractivity contribution in [2.75, 3.05) is 13.1 Å². The Kier molecular flexibility index (Phi) is 3.46. The molecule has 0 spiro atoms. The maximum Gasteiger partial charge on any atom is 0.253 e. The Labute approximate surface area is 144 Å². The van der Waals surface area contributed by atoms with Crippen molar-refractivity contribution in [3.05, 3.63) is 29.6 Å². The molecule has 0 radical (unpaired) electrons. The lowest BCUT2D eigenvalue weighted by Gasteiger charge is -2.56. The Bertz CT molecular complexity index is 612. The van der Waals surface area contributed by atoms with Crippen LogP contribution in [0.2, 0.25) is 0 Å². The first-order valence-corrected chi connectivity index (χ1v) is 9.98. The van der Waals surface area contributed by atoms with E-state index in [4.69, 9.17) is 4.98 Å². The van der Waals surface area contributed by atoms with Gasteiger partial charge >= 0.3 is 0 Å². The summed E-state index contributed by atoms with van der Waals surface area (Å²) in [6.45, 7) is 1.85. The Morgan fingerprint density at radius 1 is 1.00 bits per heavy atom. The van der Waals surface area contributed by atoms with E-state index in [1.807, 2.05) is 17.2 Å². The van der Waals surface area contributed by atoms with E-state index in [2.05, 4.69) is 6.07 Å². The molecule has 1 amide bonds. The number of carbonyl (C=O) groups is 1. The number of piperidine rings is 1. The fourth-order valence-corrected chi connectivity index (χ4v) is 6.56. The Balaban J connectivity index is 1.44. The summed E-state index contributed by atoms with van der Waals surface area (Å²) in [7, 11) is 0. The number of carbonyl (C=O) groups excluding carboxylic acids is 1. The first-order chi connectivity index (χ1) is 11.7. The minimum atomic E-state index is 0.225. The number of amides is 1. The number of pyridine rings is 1. The van der Waals surface area contributed by atoms with Crippen LogP contribution in [-0.4, -0.2) is 28.9 Å². The molecule has 6 rings (SSSR count). The van der Waals surface area contributed by atoms with Crippen molar-refractivity contribution in [1.29, 1.82) is 0 Å². The average molecular weight is 324 g/mol. The van der Waals surface area contributed by atoms with E-state index in [0.29, 0.717) is 0 Å². The first kappa shape index (κ1) is 14.9. The van der Waals surface area contributed by atoms with Gasteiger partial charge in [0.05, 0.1) is 0 Å². The fourth-order valence-electron chi connectivity index (χ4n) is 6.56. The molecule has 3 heteroatoms. The molecule has 128 valence electrons. The molecule has 1 aromatic rings. The summed E-state index contributed by atoms with van der Waals surface area (Å²) < 4.78 is 0. The van der Waals surface area contributed by atoms with Crippen LogP contribution in [0.4, 0.5) is 0 Å². The van der Waals surface area contributed by atoms with E-state index in [0.717, 1.165) is 49.2 Å². The van der Waals surface area contributed by atoms with Gasteiger partial charge in [0, 0.05) is 36.0 Å². The van der Waals surface area contributed by atoms with Crippen LogP contribution < -0.4 is 0 Å². The molecule has 3 nitrogen and oxygen atoms in total. The largest absolute Gasteiger partial charge is 0.339 e. The molecule has 0 N–H and O–H groups in total. The maximum atomic E-state index is 12.9. The predicted octanol–water partition coefficient (Wildman–Crippen LogP) is 4.18.